The van der Waals surface area contributed by atoms with Crippen LogP contribution in [0.1, 0.15) is 33.1 Å². The molecule has 1 heterocycles. The van der Waals surface area contributed by atoms with Crippen molar-refractivity contribution < 1.29 is 4.74 Å². The smallest absolute Gasteiger partial charge is 0.0593 e. The zero-order chi connectivity index (χ0) is 10.9. The van der Waals surface area contributed by atoms with Crippen LogP contribution in [0.4, 0.5) is 0 Å². The van der Waals surface area contributed by atoms with Crippen molar-refractivity contribution in [1.82, 2.24) is 10.2 Å². The maximum absolute atomic E-state index is 5.46. The number of hydrogen-bond acceptors (Lipinski definition) is 3. The zero-order valence-corrected chi connectivity index (χ0v) is 10.3. The fourth-order valence-electron chi connectivity index (χ4n) is 2.19. The monoisotopic (exact) mass is 214 g/mol. The van der Waals surface area contributed by atoms with Crippen LogP contribution in [0, 0.1) is 0 Å². The van der Waals surface area contributed by atoms with Gasteiger partial charge in [-0.15, -0.1) is 0 Å². The number of hydrogen-bond donors (Lipinski definition) is 1. The zero-order valence-electron chi connectivity index (χ0n) is 10.3. The minimum atomic E-state index is 0.665. The molecule has 0 amide bonds. The first-order valence-electron chi connectivity index (χ1n) is 6.40. The average molecular weight is 214 g/mol. The van der Waals surface area contributed by atoms with Gasteiger partial charge in [-0.1, -0.05) is 20.3 Å². The second-order valence-corrected chi connectivity index (χ2v) is 4.31. The molecule has 0 saturated carbocycles. The van der Waals surface area contributed by atoms with E-state index in [4.69, 9.17) is 4.74 Å². The third-order valence-electron chi connectivity index (χ3n) is 2.92. The first-order chi connectivity index (χ1) is 7.36. The molecule has 1 aliphatic heterocycles. The van der Waals surface area contributed by atoms with Gasteiger partial charge in [-0.05, 0) is 19.4 Å². The molecule has 0 aromatic carbocycles. The van der Waals surface area contributed by atoms with E-state index in [1.54, 1.807) is 0 Å². The lowest BCUT2D eigenvalue weighted by Crippen LogP contribution is -2.41. The van der Waals surface area contributed by atoms with Crippen LogP contribution < -0.4 is 5.32 Å². The highest BCUT2D eigenvalue weighted by Gasteiger charge is 2.14. The summed E-state index contributed by atoms with van der Waals surface area (Å²) < 4.78 is 5.46. The number of nitrogens with zero attached hydrogens (tertiary/aromatic N) is 1. The molecule has 0 aromatic rings. The lowest BCUT2D eigenvalue weighted by Gasteiger charge is -2.26. The Morgan fingerprint density at radius 1 is 1.27 bits per heavy atom. The standard InChI is InChI=1S/C12H26N2O/c1-3-6-12(13-4-2)11-14-7-5-9-15-10-8-14/h12-13H,3-11H2,1-2H3. The predicted molar refractivity (Wildman–Crippen MR) is 64.2 cm³/mol. The van der Waals surface area contributed by atoms with E-state index in [1.807, 2.05) is 0 Å². The van der Waals surface area contributed by atoms with Gasteiger partial charge < -0.3 is 10.1 Å². The summed E-state index contributed by atoms with van der Waals surface area (Å²) in [5.41, 5.74) is 0. The van der Waals surface area contributed by atoms with Crippen molar-refractivity contribution in [3.8, 4) is 0 Å². The van der Waals surface area contributed by atoms with Crippen LogP contribution in [0.15, 0.2) is 0 Å². The molecule has 1 unspecified atom stereocenters. The maximum Gasteiger partial charge on any atom is 0.0593 e. The molecule has 3 nitrogen and oxygen atoms in total. The van der Waals surface area contributed by atoms with Crippen LogP contribution in [-0.2, 0) is 4.74 Å². The Kier molecular flexibility index (Phi) is 6.98. The van der Waals surface area contributed by atoms with Crippen molar-refractivity contribution in [2.45, 2.75) is 39.2 Å². The minimum Gasteiger partial charge on any atom is -0.380 e. The number of rotatable bonds is 6. The van der Waals surface area contributed by atoms with E-state index in [0.29, 0.717) is 6.04 Å². The number of likely N-dealkylation sites (N-methyl/N-ethyl adjacent to an activating group) is 1. The van der Waals surface area contributed by atoms with Gasteiger partial charge in [0.1, 0.15) is 0 Å². The van der Waals surface area contributed by atoms with Crippen molar-refractivity contribution in [1.29, 1.82) is 0 Å². The Hall–Kier alpha value is -0.120. The van der Waals surface area contributed by atoms with Gasteiger partial charge in [0.05, 0.1) is 6.61 Å². The Balaban J connectivity index is 2.27. The van der Waals surface area contributed by atoms with Crippen molar-refractivity contribution >= 4 is 0 Å². The molecular weight excluding hydrogens is 188 g/mol. The second-order valence-electron chi connectivity index (χ2n) is 4.31. The van der Waals surface area contributed by atoms with E-state index in [1.165, 1.54) is 32.4 Å². The topological polar surface area (TPSA) is 24.5 Å². The molecule has 0 spiro atoms. The Bertz CT molecular complexity index is 139. The van der Waals surface area contributed by atoms with Crippen molar-refractivity contribution in [2.24, 2.45) is 0 Å². The molecule has 0 aromatic heterocycles. The molecule has 0 bridgehead atoms. The number of nitrogens with one attached hydrogen (secondary N) is 1. The number of ether oxygens (including phenoxy) is 1. The Labute approximate surface area is 94.2 Å². The van der Waals surface area contributed by atoms with Gasteiger partial charge in [-0.3, -0.25) is 4.90 Å². The molecular formula is C12H26N2O. The average Bonchev–Trinajstić information content (AvgIpc) is 2.47. The Morgan fingerprint density at radius 3 is 2.87 bits per heavy atom. The highest BCUT2D eigenvalue weighted by molar-refractivity contribution is 4.72. The second kappa shape index (κ2) is 8.08. The summed E-state index contributed by atoms with van der Waals surface area (Å²) in [6, 6.07) is 0.665. The quantitative estimate of drug-likeness (QED) is 0.725. The van der Waals surface area contributed by atoms with Crippen molar-refractivity contribution in [2.75, 3.05) is 39.4 Å². The van der Waals surface area contributed by atoms with Crippen LogP contribution in [-0.4, -0.2) is 50.3 Å². The molecule has 0 aliphatic carbocycles. The van der Waals surface area contributed by atoms with E-state index >= 15 is 0 Å². The third-order valence-corrected chi connectivity index (χ3v) is 2.92. The van der Waals surface area contributed by atoms with Crippen LogP contribution in [0.3, 0.4) is 0 Å². The van der Waals surface area contributed by atoms with Crippen LogP contribution in [0.5, 0.6) is 0 Å². The fourth-order valence-corrected chi connectivity index (χ4v) is 2.19. The molecule has 1 rings (SSSR count). The molecule has 1 aliphatic rings. The van der Waals surface area contributed by atoms with Gasteiger partial charge in [0, 0.05) is 32.3 Å². The Morgan fingerprint density at radius 2 is 2.13 bits per heavy atom. The summed E-state index contributed by atoms with van der Waals surface area (Å²) in [4.78, 5) is 2.54. The summed E-state index contributed by atoms with van der Waals surface area (Å²) in [5.74, 6) is 0. The maximum atomic E-state index is 5.46. The highest BCUT2D eigenvalue weighted by Crippen LogP contribution is 2.04. The normalized spacial score (nSPS) is 21.2. The van der Waals surface area contributed by atoms with E-state index in [2.05, 4.69) is 24.1 Å². The van der Waals surface area contributed by atoms with E-state index in [9.17, 15) is 0 Å². The third kappa shape index (κ3) is 5.50. The first kappa shape index (κ1) is 12.9. The molecule has 3 heteroatoms. The lowest BCUT2D eigenvalue weighted by atomic mass is 10.1. The summed E-state index contributed by atoms with van der Waals surface area (Å²) in [6.45, 7) is 10.9. The molecule has 15 heavy (non-hydrogen) atoms. The van der Waals surface area contributed by atoms with Crippen molar-refractivity contribution in [3.05, 3.63) is 0 Å². The molecule has 0 radical (unpaired) electrons. The van der Waals surface area contributed by atoms with Gasteiger partial charge in [0.2, 0.25) is 0 Å². The van der Waals surface area contributed by atoms with Gasteiger partial charge >= 0.3 is 0 Å². The van der Waals surface area contributed by atoms with E-state index in [0.717, 1.165) is 26.3 Å². The molecule has 1 atom stereocenters. The van der Waals surface area contributed by atoms with Crippen LogP contribution >= 0.6 is 0 Å². The molecule has 1 fully saturated rings. The van der Waals surface area contributed by atoms with E-state index < -0.39 is 0 Å². The fraction of sp³-hybridized carbons (Fsp3) is 1.00. The highest BCUT2D eigenvalue weighted by atomic mass is 16.5. The summed E-state index contributed by atoms with van der Waals surface area (Å²) >= 11 is 0. The lowest BCUT2D eigenvalue weighted by molar-refractivity contribution is 0.139. The summed E-state index contributed by atoms with van der Waals surface area (Å²) in [6.07, 6.45) is 3.73. The molecule has 1 N–H and O–H groups in total. The molecule has 90 valence electrons. The SMILES string of the molecule is CCCC(CN1CCCOCC1)NCC. The van der Waals surface area contributed by atoms with E-state index in [-0.39, 0.29) is 0 Å². The minimum absolute atomic E-state index is 0.665. The largest absolute Gasteiger partial charge is 0.380 e. The van der Waals surface area contributed by atoms with Crippen LogP contribution in [0.25, 0.3) is 0 Å². The van der Waals surface area contributed by atoms with Gasteiger partial charge in [-0.2, -0.15) is 0 Å². The molecule has 1 saturated heterocycles. The van der Waals surface area contributed by atoms with Gasteiger partial charge in [0.15, 0.2) is 0 Å². The van der Waals surface area contributed by atoms with Gasteiger partial charge in [0.25, 0.3) is 0 Å². The predicted octanol–water partition coefficient (Wildman–Crippen LogP) is 1.49. The summed E-state index contributed by atoms with van der Waals surface area (Å²) in [7, 11) is 0. The first-order valence-corrected chi connectivity index (χ1v) is 6.40. The van der Waals surface area contributed by atoms with Crippen molar-refractivity contribution in [3.63, 3.8) is 0 Å². The van der Waals surface area contributed by atoms with Gasteiger partial charge in [-0.25, -0.2) is 0 Å². The summed E-state index contributed by atoms with van der Waals surface area (Å²) in [5, 5.41) is 3.57. The van der Waals surface area contributed by atoms with Crippen LogP contribution in [0.2, 0.25) is 0 Å².